The first-order valence-corrected chi connectivity index (χ1v) is 5.84. The number of hydrogen-bond donors (Lipinski definition) is 1. The van der Waals surface area contributed by atoms with Crippen LogP contribution in [0.25, 0.3) is 0 Å². The number of nitrogens with one attached hydrogen (secondary N) is 1. The molecule has 0 aliphatic rings. The van der Waals surface area contributed by atoms with E-state index in [2.05, 4.69) is 20.4 Å². The normalized spacial score (nSPS) is 10.5. The fourth-order valence-corrected chi connectivity index (χ4v) is 1.74. The molecule has 0 aliphatic carbocycles. The molecule has 0 amide bonds. The first kappa shape index (κ1) is 11.9. The molecule has 0 saturated heterocycles. The number of halogens is 1. The molecule has 2 rings (SSSR count). The summed E-state index contributed by atoms with van der Waals surface area (Å²) < 4.78 is 1.90. The average molecular weight is 252 g/mol. The summed E-state index contributed by atoms with van der Waals surface area (Å²) in [6.45, 7) is 3.53. The zero-order valence-electron chi connectivity index (χ0n) is 9.60. The second-order valence-corrected chi connectivity index (χ2v) is 4.06. The van der Waals surface area contributed by atoms with Crippen molar-refractivity contribution in [3.8, 4) is 0 Å². The van der Waals surface area contributed by atoms with E-state index in [0.717, 1.165) is 25.3 Å². The van der Waals surface area contributed by atoms with Gasteiger partial charge in [-0.05, 0) is 19.4 Å². The van der Waals surface area contributed by atoms with Crippen LogP contribution in [0.3, 0.4) is 0 Å². The minimum atomic E-state index is 0.465. The molecule has 90 valence electrons. The van der Waals surface area contributed by atoms with Crippen molar-refractivity contribution in [1.82, 2.24) is 19.7 Å². The van der Waals surface area contributed by atoms with E-state index in [1.54, 1.807) is 12.3 Å². The van der Waals surface area contributed by atoms with Gasteiger partial charge in [0, 0.05) is 31.5 Å². The third-order valence-electron chi connectivity index (χ3n) is 2.24. The van der Waals surface area contributed by atoms with Gasteiger partial charge in [0.05, 0.1) is 0 Å². The predicted molar refractivity (Wildman–Crippen MR) is 67.1 cm³/mol. The molecule has 0 fully saturated rings. The van der Waals surface area contributed by atoms with Crippen molar-refractivity contribution in [3.63, 3.8) is 0 Å². The van der Waals surface area contributed by atoms with E-state index in [4.69, 9.17) is 11.6 Å². The van der Waals surface area contributed by atoms with E-state index in [-0.39, 0.29) is 0 Å². The number of aromatic nitrogens is 4. The smallest absolute Gasteiger partial charge is 0.134 e. The highest BCUT2D eigenvalue weighted by Crippen LogP contribution is 2.10. The van der Waals surface area contributed by atoms with Crippen molar-refractivity contribution in [2.45, 2.75) is 19.9 Å². The molecule has 0 radical (unpaired) electrons. The summed E-state index contributed by atoms with van der Waals surface area (Å²) in [5, 5.41) is 7.81. The molecular weight excluding hydrogens is 238 g/mol. The van der Waals surface area contributed by atoms with Crippen LogP contribution in [0.5, 0.6) is 0 Å². The fraction of sp³-hybridized carbons (Fsp3) is 0.364. The van der Waals surface area contributed by atoms with Crippen LogP contribution in [-0.2, 0) is 6.54 Å². The van der Waals surface area contributed by atoms with Crippen LogP contribution in [0.4, 0.5) is 5.82 Å². The van der Waals surface area contributed by atoms with Gasteiger partial charge in [0.25, 0.3) is 0 Å². The summed E-state index contributed by atoms with van der Waals surface area (Å²) in [6, 6.07) is 3.64. The Morgan fingerprint density at radius 3 is 3.00 bits per heavy atom. The first-order chi connectivity index (χ1) is 8.24. The second-order valence-electron chi connectivity index (χ2n) is 3.67. The molecule has 0 aliphatic heterocycles. The van der Waals surface area contributed by atoms with Gasteiger partial charge < -0.3 is 5.32 Å². The molecule has 0 bridgehead atoms. The number of rotatable bonds is 5. The van der Waals surface area contributed by atoms with Gasteiger partial charge in [-0.1, -0.05) is 11.6 Å². The molecule has 2 heterocycles. The maximum Gasteiger partial charge on any atom is 0.134 e. The Labute approximate surface area is 105 Å². The van der Waals surface area contributed by atoms with Crippen LogP contribution in [0, 0.1) is 6.92 Å². The monoisotopic (exact) mass is 251 g/mol. The lowest BCUT2D eigenvalue weighted by atomic mass is 10.4. The molecular formula is C11H14ClN5. The lowest BCUT2D eigenvalue weighted by Crippen LogP contribution is -2.08. The van der Waals surface area contributed by atoms with Crippen molar-refractivity contribution in [3.05, 3.63) is 35.5 Å². The Bertz CT molecular complexity index is 448. The van der Waals surface area contributed by atoms with Gasteiger partial charge >= 0.3 is 0 Å². The van der Waals surface area contributed by atoms with E-state index in [9.17, 15) is 0 Å². The van der Waals surface area contributed by atoms with Gasteiger partial charge in [0.1, 0.15) is 16.8 Å². The van der Waals surface area contributed by atoms with Crippen LogP contribution in [0.2, 0.25) is 5.15 Å². The molecule has 0 aromatic carbocycles. The van der Waals surface area contributed by atoms with Crippen molar-refractivity contribution >= 4 is 17.4 Å². The zero-order valence-corrected chi connectivity index (χ0v) is 10.4. The average Bonchev–Trinajstić information content (AvgIpc) is 2.76. The van der Waals surface area contributed by atoms with Crippen molar-refractivity contribution in [2.75, 3.05) is 11.9 Å². The van der Waals surface area contributed by atoms with Crippen molar-refractivity contribution in [1.29, 1.82) is 0 Å². The van der Waals surface area contributed by atoms with Crippen LogP contribution >= 0.6 is 11.6 Å². The van der Waals surface area contributed by atoms with Crippen LogP contribution in [0.15, 0.2) is 24.5 Å². The van der Waals surface area contributed by atoms with E-state index < -0.39 is 0 Å². The lowest BCUT2D eigenvalue weighted by Gasteiger charge is -2.06. The van der Waals surface area contributed by atoms with Gasteiger partial charge in [-0.15, -0.1) is 0 Å². The molecule has 17 heavy (non-hydrogen) atoms. The van der Waals surface area contributed by atoms with Crippen LogP contribution < -0.4 is 5.32 Å². The quantitative estimate of drug-likeness (QED) is 0.653. The molecule has 6 heteroatoms. The number of nitrogens with zero attached hydrogens (tertiary/aromatic N) is 4. The predicted octanol–water partition coefficient (Wildman–Crippen LogP) is 2.14. The minimum absolute atomic E-state index is 0.465. The highest BCUT2D eigenvalue weighted by Gasteiger charge is 1.99. The molecule has 1 N–H and O–H groups in total. The zero-order chi connectivity index (χ0) is 12.1. The SMILES string of the molecule is Cc1nc(Cl)cc(NCCCn2cccn2)n1. The molecule has 5 nitrogen and oxygen atoms in total. The number of anilines is 1. The minimum Gasteiger partial charge on any atom is -0.370 e. The maximum atomic E-state index is 5.84. The van der Waals surface area contributed by atoms with Crippen molar-refractivity contribution < 1.29 is 0 Å². The van der Waals surface area contributed by atoms with E-state index >= 15 is 0 Å². The first-order valence-electron chi connectivity index (χ1n) is 5.46. The van der Waals surface area contributed by atoms with Crippen molar-refractivity contribution in [2.24, 2.45) is 0 Å². The molecule has 0 spiro atoms. The highest BCUT2D eigenvalue weighted by atomic mass is 35.5. The highest BCUT2D eigenvalue weighted by molar-refractivity contribution is 6.29. The summed E-state index contributed by atoms with van der Waals surface area (Å²) in [7, 11) is 0. The summed E-state index contributed by atoms with van der Waals surface area (Å²) in [5.41, 5.74) is 0. The summed E-state index contributed by atoms with van der Waals surface area (Å²) in [5.74, 6) is 1.44. The Morgan fingerprint density at radius 1 is 1.41 bits per heavy atom. The standard InChI is InChI=1S/C11H14ClN5/c1-9-15-10(12)8-11(16-9)13-4-2-6-17-7-3-5-14-17/h3,5,7-8H,2,4,6H2,1H3,(H,13,15,16). The largest absolute Gasteiger partial charge is 0.370 e. The second kappa shape index (κ2) is 5.63. The molecule has 0 atom stereocenters. The number of aryl methyl sites for hydroxylation is 2. The topological polar surface area (TPSA) is 55.6 Å². The molecule has 2 aromatic heterocycles. The van der Waals surface area contributed by atoms with E-state index in [0.29, 0.717) is 11.0 Å². The van der Waals surface area contributed by atoms with Crippen LogP contribution in [0.1, 0.15) is 12.2 Å². The third-order valence-corrected chi connectivity index (χ3v) is 2.43. The van der Waals surface area contributed by atoms with Gasteiger partial charge in [-0.25, -0.2) is 9.97 Å². The van der Waals surface area contributed by atoms with Gasteiger partial charge in [-0.2, -0.15) is 5.10 Å². The van der Waals surface area contributed by atoms with Gasteiger partial charge in [0.2, 0.25) is 0 Å². The number of hydrogen-bond acceptors (Lipinski definition) is 4. The summed E-state index contributed by atoms with van der Waals surface area (Å²) in [6.07, 6.45) is 4.70. The maximum absolute atomic E-state index is 5.84. The fourth-order valence-electron chi connectivity index (χ4n) is 1.51. The Balaban J connectivity index is 1.78. The van der Waals surface area contributed by atoms with Gasteiger partial charge in [0.15, 0.2) is 0 Å². The Hall–Kier alpha value is -1.62. The van der Waals surface area contributed by atoms with Gasteiger partial charge in [-0.3, -0.25) is 4.68 Å². The molecule has 0 unspecified atom stereocenters. The summed E-state index contributed by atoms with van der Waals surface area (Å²) in [4.78, 5) is 8.24. The summed E-state index contributed by atoms with van der Waals surface area (Å²) >= 11 is 5.84. The molecule has 2 aromatic rings. The third kappa shape index (κ3) is 3.71. The molecule has 0 saturated carbocycles. The lowest BCUT2D eigenvalue weighted by molar-refractivity contribution is 0.591. The Kier molecular flexibility index (Phi) is 3.93. The van der Waals surface area contributed by atoms with E-state index in [1.165, 1.54) is 0 Å². The Morgan fingerprint density at radius 2 is 2.29 bits per heavy atom. The van der Waals surface area contributed by atoms with Crippen LogP contribution in [-0.4, -0.2) is 26.3 Å². The van der Waals surface area contributed by atoms with E-state index in [1.807, 2.05) is 23.9 Å².